The Kier molecular flexibility index (Phi) is 9.03. The van der Waals surface area contributed by atoms with E-state index in [2.05, 4.69) is 33.0 Å². The van der Waals surface area contributed by atoms with Gasteiger partial charge in [0, 0.05) is 6.42 Å². The molecule has 2 aromatic rings. The lowest BCUT2D eigenvalue weighted by Crippen LogP contribution is -2.19. The monoisotopic (exact) mass is 419 g/mol. The lowest BCUT2D eigenvalue weighted by atomic mass is 10.1. The number of benzene rings is 1. The number of anilines is 1. The van der Waals surface area contributed by atoms with Crippen LogP contribution in [-0.4, -0.2) is 40.4 Å². The van der Waals surface area contributed by atoms with Crippen LogP contribution in [-0.2, 0) is 16.0 Å². The molecule has 1 heterocycles. The molecule has 1 aromatic carbocycles. The number of amides is 2. The number of hydrogen-bond donors (Lipinski definition) is 3. The average molecular weight is 420 g/mol. The number of carbonyl (C=O) groups excluding carboxylic acids is 2. The highest BCUT2D eigenvalue weighted by Crippen LogP contribution is 2.25. The molecule has 0 aliphatic rings. The Balaban J connectivity index is 1.77. The normalized spacial score (nSPS) is 10.8. The zero-order chi connectivity index (χ0) is 21.1. The summed E-state index contributed by atoms with van der Waals surface area (Å²) in [7, 11) is 1.45. The molecule has 2 amide bonds. The second-order valence-corrected chi connectivity index (χ2v) is 7.32. The zero-order valence-corrected chi connectivity index (χ0v) is 17.3. The van der Waals surface area contributed by atoms with Crippen LogP contribution >= 0.6 is 11.3 Å². The van der Waals surface area contributed by atoms with Crippen molar-refractivity contribution in [2.24, 2.45) is 5.10 Å². The Bertz CT molecular complexity index is 853. The van der Waals surface area contributed by atoms with Gasteiger partial charge in [-0.25, -0.2) is 5.43 Å². The van der Waals surface area contributed by atoms with E-state index in [1.807, 2.05) is 0 Å². The molecule has 0 bridgehead atoms. The van der Waals surface area contributed by atoms with Gasteiger partial charge in [-0.2, -0.15) is 5.10 Å². The SMILES string of the molecule is CCCCCCC(=O)Nc1nnc(CC(=O)N/N=C\c2ccc(O)c(OC)c2)s1. The predicted molar refractivity (Wildman–Crippen MR) is 111 cm³/mol. The maximum Gasteiger partial charge on any atom is 0.247 e. The van der Waals surface area contributed by atoms with Crippen molar-refractivity contribution in [3.63, 3.8) is 0 Å². The molecule has 0 unspecified atom stereocenters. The molecule has 3 N–H and O–H groups in total. The molecule has 0 atom stereocenters. The fourth-order valence-electron chi connectivity index (χ4n) is 2.40. The van der Waals surface area contributed by atoms with Crippen molar-refractivity contribution >= 4 is 34.5 Å². The minimum atomic E-state index is -0.361. The van der Waals surface area contributed by atoms with Crippen LogP contribution in [0.15, 0.2) is 23.3 Å². The van der Waals surface area contributed by atoms with Crippen molar-refractivity contribution in [1.82, 2.24) is 15.6 Å². The number of aromatic hydroxyl groups is 1. The first-order valence-electron chi connectivity index (χ1n) is 9.33. The van der Waals surface area contributed by atoms with Gasteiger partial charge in [-0.05, 0) is 30.2 Å². The molecule has 0 radical (unpaired) electrons. The maximum atomic E-state index is 12.0. The number of nitrogens with one attached hydrogen (secondary N) is 2. The number of phenolic OH excluding ortho intramolecular Hbond substituents is 1. The highest BCUT2D eigenvalue weighted by molar-refractivity contribution is 7.15. The van der Waals surface area contributed by atoms with Gasteiger partial charge in [0.15, 0.2) is 11.5 Å². The molecule has 0 spiro atoms. The lowest BCUT2D eigenvalue weighted by Gasteiger charge is -2.03. The minimum absolute atomic E-state index is 0.000274. The van der Waals surface area contributed by atoms with Gasteiger partial charge in [-0.15, -0.1) is 10.2 Å². The van der Waals surface area contributed by atoms with Gasteiger partial charge in [0.2, 0.25) is 16.9 Å². The number of methoxy groups -OCH3 is 1. The van der Waals surface area contributed by atoms with Crippen LogP contribution < -0.4 is 15.5 Å². The van der Waals surface area contributed by atoms with Gasteiger partial charge in [-0.1, -0.05) is 37.5 Å². The fourth-order valence-corrected chi connectivity index (χ4v) is 3.15. The summed E-state index contributed by atoms with van der Waals surface area (Å²) in [5.74, 6) is -0.120. The minimum Gasteiger partial charge on any atom is -0.504 e. The van der Waals surface area contributed by atoms with Crippen molar-refractivity contribution in [2.45, 2.75) is 45.4 Å². The number of unbranched alkanes of at least 4 members (excludes halogenated alkanes) is 3. The van der Waals surface area contributed by atoms with Crippen LogP contribution in [0.3, 0.4) is 0 Å². The van der Waals surface area contributed by atoms with E-state index < -0.39 is 0 Å². The van der Waals surface area contributed by atoms with E-state index in [0.29, 0.717) is 27.9 Å². The largest absolute Gasteiger partial charge is 0.504 e. The lowest BCUT2D eigenvalue weighted by molar-refractivity contribution is -0.120. The van der Waals surface area contributed by atoms with E-state index in [1.54, 1.807) is 12.1 Å². The topological polar surface area (TPSA) is 126 Å². The molecule has 0 fully saturated rings. The van der Waals surface area contributed by atoms with Gasteiger partial charge in [0.25, 0.3) is 0 Å². The Labute approximate surface area is 173 Å². The summed E-state index contributed by atoms with van der Waals surface area (Å²) in [6, 6.07) is 4.70. The molecule has 10 heteroatoms. The third-order valence-electron chi connectivity index (χ3n) is 3.89. The summed E-state index contributed by atoms with van der Waals surface area (Å²) in [6.45, 7) is 2.12. The van der Waals surface area contributed by atoms with E-state index in [9.17, 15) is 14.7 Å². The van der Waals surface area contributed by atoms with E-state index >= 15 is 0 Å². The van der Waals surface area contributed by atoms with E-state index in [4.69, 9.17) is 4.74 Å². The second kappa shape index (κ2) is 11.7. The van der Waals surface area contributed by atoms with Crippen LogP contribution in [0.5, 0.6) is 11.5 Å². The third-order valence-corrected chi connectivity index (χ3v) is 4.73. The van der Waals surface area contributed by atoms with Gasteiger partial charge >= 0.3 is 0 Å². The van der Waals surface area contributed by atoms with Crippen LogP contribution in [0, 0.1) is 0 Å². The molecule has 29 heavy (non-hydrogen) atoms. The highest BCUT2D eigenvalue weighted by Gasteiger charge is 2.11. The first kappa shape index (κ1) is 22.3. The molecular formula is C19H25N5O4S. The van der Waals surface area contributed by atoms with Crippen LogP contribution in [0.1, 0.15) is 49.6 Å². The Hall–Kier alpha value is -3.01. The molecule has 0 aliphatic carbocycles. The third kappa shape index (κ3) is 7.86. The molecule has 0 saturated carbocycles. The van der Waals surface area contributed by atoms with Crippen LogP contribution in [0.2, 0.25) is 0 Å². The molecular weight excluding hydrogens is 394 g/mol. The smallest absolute Gasteiger partial charge is 0.247 e. The van der Waals surface area contributed by atoms with E-state index in [0.717, 1.165) is 37.0 Å². The molecule has 2 rings (SSSR count). The molecule has 1 aromatic heterocycles. The molecule has 9 nitrogen and oxygen atoms in total. The first-order valence-corrected chi connectivity index (χ1v) is 10.1. The quantitative estimate of drug-likeness (QED) is 0.292. The maximum absolute atomic E-state index is 12.0. The van der Waals surface area contributed by atoms with Gasteiger partial charge in [0.05, 0.1) is 19.7 Å². The Morgan fingerprint density at radius 1 is 1.24 bits per heavy atom. The molecule has 0 aliphatic heterocycles. The summed E-state index contributed by atoms with van der Waals surface area (Å²) in [5.41, 5.74) is 3.05. The summed E-state index contributed by atoms with van der Waals surface area (Å²) >= 11 is 1.16. The number of hydrazone groups is 1. The van der Waals surface area contributed by atoms with Crippen LogP contribution in [0.25, 0.3) is 0 Å². The highest BCUT2D eigenvalue weighted by atomic mass is 32.1. The van der Waals surface area contributed by atoms with Crippen molar-refractivity contribution < 1.29 is 19.4 Å². The van der Waals surface area contributed by atoms with Gasteiger partial charge < -0.3 is 15.2 Å². The summed E-state index contributed by atoms with van der Waals surface area (Å²) in [4.78, 5) is 23.8. The predicted octanol–water partition coefficient (Wildman–Crippen LogP) is 2.85. The molecule has 156 valence electrons. The van der Waals surface area contributed by atoms with Gasteiger partial charge in [-0.3, -0.25) is 9.59 Å². The Morgan fingerprint density at radius 3 is 2.83 bits per heavy atom. The van der Waals surface area contributed by atoms with E-state index in [-0.39, 0.29) is 24.0 Å². The molecule has 0 saturated heterocycles. The Morgan fingerprint density at radius 2 is 2.07 bits per heavy atom. The van der Waals surface area contributed by atoms with Crippen LogP contribution in [0.4, 0.5) is 5.13 Å². The standard InChI is InChI=1S/C19H25N5O4S/c1-3-4-5-6-7-16(26)21-19-24-23-18(29-19)11-17(27)22-20-12-13-8-9-14(25)15(10-13)28-2/h8-10,12,25H,3-7,11H2,1-2H3,(H,22,27)(H,21,24,26)/b20-12-. The fraction of sp³-hybridized carbons (Fsp3) is 0.421. The summed E-state index contributed by atoms with van der Waals surface area (Å²) < 4.78 is 5.01. The number of nitrogens with zero attached hydrogens (tertiary/aromatic N) is 3. The van der Waals surface area contributed by atoms with Crippen molar-refractivity contribution in [3.8, 4) is 11.5 Å². The van der Waals surface area contributed by atoms with E-state index in [1.165, 1.54) is 19.4 Å². The number of ether oxygens (including phenoxy) is 1. The zero-order valence-electron chi connectivity index (χ0n) is 16.5. The summed E-state index contributed by atoms with van der Waals surface area (Å²) in [6.07, 6.45) is 6.00. The number of aromatic nitrogens is 2. The number of hydrogen-bond acceptors (Lipinski definition) is 8. The van der Waals surface area contributed by atoms with Crippen molar-refractivity contribution in [2.75, 3.05) is 12.4 Å². The number of phenols is 1. The number of carbonyl (C=O) groups is 2. The average Bonchev–Trinajstić information content (AvgIpc) is 3.13. The van der Waals surface area contributed by atoms with Crippen molar-refractivity contribution in [1.29, 1.82) is 0 Å². The van der Waals surface area contributed by atoms with Gasteiger partial charge in [0.1, 0.15) is 5.01 Å². The summed E-state index contributed by atoms with van der Waals surface area (Å²) in [5, 5.41) is 24.8. The first-order chi connectivity index (χ1) is 14.0. The van der Waals surface area contributed by atoms with Crippen molar-refractivity contribution in [3.05, 3.63) is 28.8 Å². The second-order valence-electron chi connectivity index (χ2n) is 6.26. The number of rotatable bonds is 11.